The Bertz CT molecular complexity index is 564. The van der Waals surface area contributed by atoms with Crippen LogP contribution in [0.15, 0.2) is 28.8 Å². The Hall–Kier alpha value is -2.24. The van der Waals surface area contributed by atoms with Gasteiger partial charge in [0.2, 0.25) is 0 Å². The molecule has 1 aliphatic heterocycles. The number of ether oxygens (including phenoxy) is 1. The number of piperidine rings is 1. The topological polar surface area (TPSA) is 77.4 Å². The second-order valence-corrected chi connectivity index (χ2v) is 4.90. The fourth-order valence-corrected chi connectivity index (χ4v) is 2.28. The Morgan fingerprint density at radius 2 is 2.10 bits per heavy atom. The number of nitrogens with two attached hydrogens (primary N) is 1. The van der Waals surface area contributed by atoms with Crippen LogP contribution in [0.5, 0.6) is 5.75 Å². The Morgan fingerprint density at radius 1 is 1.25 bits per heavy atom. The number of nitrogen functional groups attached to an aromatic ring is 1. The molecule has 3 rings (SSSR count). The van der Waals surface area contributed by atoms with E-state index in [1.807, 2.05) is 18.2 Å². The molecule has 0 radical (unpaired) electrons. The third-order valence-corrected chi connectivity index (χ3v) is 3.32. The second kappa shape index (κ2) is 5.81. The lowest BCUT2D eigenvalue weighted by Crippen LogP contribution is -2.30. The maximum absolute atomic E-state index is 5.69. The zero-order chi connectivity index (χ0) is 13.8. The van der Waals surface area contributed by atoms with Gasteiger partial charge < -0.3 is 19.9 Å². The van der Waals surface area contributed by atoms with Gasteiger partial charge in [-0.3, -0.25) is 0 Å². The van der Waals surface area contributed by atoms with Gasteiger partial charge in [0.1, 0.15) is 5.75 Å². The van der Waals surface area contributed by atoms with Crippen molar-refractivity contribution in [2.24, 2.45) is 0 Å². The van der Waals surface area contributed by atoms with E-state index in [2.05, 4.69) is 15.0 Å². The zero-order valence-corrected chi connectivity index (χ0v) is 11.3. The summed E-state index contributed by atoms with van der Waals surface area (Å²) in [6.07, 6.45) is 3.65. The Labute approximate surface area is 117 Å². The van der Waals surface area contributed by atoms with Gasteiger partial charge in [-0.2, -0.15) is 4.98 Å². The summed E-state index contributed by atoms with van der Waals surface area (Å²) in [6, 6.07) is 7.27. The molecule has 1 aromatic carbocycles. The highest BCUT2D eigenvalue weighted by Gasteiger charge is 2.16. The molecule has 0 unspecified atom stereocenters. The van der Waals surface area contributed by atoms with Crippen LogP contribution in [-0.4, -0.2) is 23.2 Å². The van der Waals surface area contributed by atoms with Gasteiger partial charge >= 0.3 is 0 Å². The van der Waals surface area contributed by atoms with Crippen molar-refractivity contribution in [3.8, 4) is 5.75 Å². The third kappa shape index (κ3) is 3.01. The van der Waals surface area contributed by atoms with Gasteiger partial charge in [-0.1, -0.05) is 6.07 Å². The number of anilines is 2. The number of nitrogens with zero attached hydrogens (tertiary/aromatic N) is 3. The van der Waals surface area contributed by atoms with E-state index < -0.39 is 0 Å². The first-order valence-corrected chi connectivity index (χ1v) is 6.87. The molecule has 0 spiro atoms. The van der Waals surface area contributed by atoms with Crippen molar-refractivity contribution in [1.82, 2.24) is 10.1 Å². The molecule has 0 bridgehead atoms. The molecule has 1 saturated heterocycles. The predicted octanol–water partition coefficient (Wildman–Crippen LogP) is 2.22. The number of rotatable bonds is 4. The Balaban J connectivity index is 1.59. The van der Waals surface area contributed by atoms with Gasteiger partial charge in [-0.15, -0.1) is 0 Å². The van der Waals surface area contributed by atoms with Crippen LogP contribution >= 0.6 is 0 Å². The van der Waals surface area contributed by atoms with Crippen LogP contribution in [0, 0.1) is 0 Å². The van der Waals surface area contributed by atoms with Crippen molar-refractivity contribution in [2.45, 2.75) is 25.9 Å². The maximum Gasteiger partial charge on any atom is 0.266 e. The van der Waals surface area contributed by atoms with Crippen molar-refractivity contribution < 1.29 is 9.26 Å². The lowest BCUT2D eigenvalue weighted by molar-refractivity contribution is 0.243. The first-order chi connectivity index (χ1) is 9.81. The third-order valence-electron chi connectivity index (χ3n) is 3.32. The van der Waals surface area contributed by atoms with Crippen LogP contribution in [-0.2, 0) is 6.61 Å². The molecule has 0 saturated carbocycles. The molecule has 20 heavy (non-hydrogen) atoms. The average Bonchev–Trinajstić information content (AvgIpc) is 2.95. The minimum Gasteiger partial charge on any atom is -0.484 e. The summed E-state index contributed by atoms with van der Waals surface area (Å²) < 4.78 is 10.8. The molecule has 0 aliphatic carbocycles. The lowest BCUT2D eigenvalue weighted by atomic mass is 10.1. The van der Waals surface area contributed by atoms with Crippen molar-refractivity contribution in [3.05, 3.63) is 30.2 Å². The summed E-state index contributed by atoms with van der Waals surface area (Å²) in [4.78, 5) is 6.51. The smallest absolute Gasteiger partial charge is 0.266 e. The SMILES string of the molecule is Nc1cccc(OCc2nc(N3CCCCC3)no2)c1. The normalized spacial score (nSPS) is 15.3. The molecule has 0 amide bonds. The van der Waals surface area contributed by atoms with E-state index in [0.717, 1.165) is 13.1 Å². The van der Waals surface area contributed by atoms with Gasteiger partial charge in [0.05, 0.1) is 0 Å². The molecule has 1 fully saturated rings. The van der Waals surface area contributed by atoms with Crippen molar-refractivity contribution >= 4 is 11.6 Å². The second-order valence-electron chi connectivity index (χ2n) is 4.90. The van der Waals surface area contributed by atoms with Crippen LogP contribution in [0.25, 0.3) is 0 Å². The van der Waals surface area contributed by atoms with Crippen LogP contribution in [0.3, 0.4) is 0 Å². The van der Waals surface area contributed by atoms with Gasteiger partial charge in [0, 0.05) is 24.8 Å². The van der Waals surface area contributed by atoms with Crippen molar-refractivity contribution in [3.63, 3.8) is 0 Å². The van der Waals surface area contributed by atoms with Crippen LogP contribution in [0.1, 0.15) is 25.2 Å². The van der Waals surface area contributed by atoms with E-state index in [-0.39, 0.29) is 6.61 Å². The van der Waals surface area contributed by atoms with Crippen LogP contribution in [0.2, 0.25) is 0 Å². The summed E-state index contributed by atoms with van der Waals surface area (Å²) in [5.41, 5.74) is 6.36. The molecule has 1 aromatic heterocycles. The summed E-state index contributed by atoms with van der Waals surface area (Å²) in [5.74, 6) is 1.84. The Morgan fingerprint density at radius 3 is 2.90 bits per heavy atom. The van der Waals surface area contributed by atoms with E-state index in [9.17, 15) is 0 Å². The molecule has 0 atom stereocenters. The molecule has 2 aromatic rings. The minimum absolute atomic E-state index is 0.254. The summed E-state index contributed by atoms with van der Waals surface area (Å²) in [5, 5.41) is 4.00. The fraction of sp³-hybridized carbons (Fsp3) is 0.429. The highest BCUT2D eigenvalue weighted by Crippen LogP contribution is 2.18. The average molecular weight is 274 g/mol. The van der Waals surface area contributed by atoms with E-state index in [1.54, 1.807) is 6.07 Å². The van der Waals surface area contributed by atoms with Gasteiger partial charge in [0.15, 0.2) is 6.61 Å². The van der Waals surface area contributed by atoms with Crippen molar-refractivity contribution in [1.29, 1.82) is 0 Å². The monoisotopic (exact) mass is 274 g/mol. The molecule has 2 N–H and O–H groups in total. The predicted molar refractivity (Wildman–Crippen MR) is 75.5 cm³/mol. The standard InChI is InChI=1S/C14H18N4O2/c15-11-5-4-6-12(9-11)19-10-13-16-14(17-20-13)18-7-2-1-3-8-18/h4-6,9H,1-3,7-8,10,15H2. The van der Waals surface area contributed by atoms with Crippen LogP contribution in [0.4, 0.5) is 11.6 Å². The summed E-state index contributed by atoms with van der Waals surface area (Å²) >= 11 is 0. The quantitative estimate of drug-likeness (QED) is 0.861. The first-order valence-electron chi connectivity index (χ1n) is 6.87. The van der Waals surface area contributed by atoms with Crippen molar-refractivity contribution in [2.75, 3.05) is 23.7 Å². The molecule has 1 aliphatic rings. The maximum atomic E-state index is 5.69. The highest BCUT2D eigenvalue weighted by atomic mass is 16.5. The van der Waals surface area contributed by atoms with E-state index in [4.69, 9.17) is 15.0 Å². The minimum atomic E-state index is 0.254. The van der Waals surface area contributed by atoms with Gasteiger partial charge in [-0.05, 0) is 36.6 Å². The Kier molecular flexibility index (Phi) is 3.71. The number of aromatic nitrogens is 2. The molecular weight excluding hydrogens is 256 g/mol. The van der Waals surface area contributed by atoms with Gasteiger partial charge in [0.25, 0.3) is 11.8 Å². The number of benzene rings is 1. The zero-order valence-electron chi connectivity index (χ0n) is 11.3. The van der Waals surface area contributed by atoms with E-state index in [0.29, 0.717) is 23.3 Å². The fourth-order valence-electron chi connectivity index (χ4n) is 2.28. The van der Waals surface area contributed by atoms with E-state index >= 15 is 0 Å². The number of hydrogen-bond acceptors (Lipinski definition) is 6. The molecule has 6 heteroatoms. The molecular formula is C14H18N4O2. The van der Waals surface area contributed by atoms with Gasteiger partial charge in [-0.25, -0.2) is 0 Å². The summed E-state index contributed by atoms with van der Waals surface area (Å²) in [6.45, 7) is 2.24. The largest absolute Gasteiger partial charge is 0.484 e. The summed E-state index contributed by atoms with van der Waals surface area (Å²) in [7, 11) is 0. The van der Waals surface area contributed by atoms with Crippen LogP contribution < -0.4 is 15.4 Å². The number of hydrogen-bond donors (Lipinski definition) is 1. The molecule has 6 nitrogen and oxygen atoms in total. The molecule has 2 heterocycles. The molecule has 106 valence electrons. The van der Waals surface area contributed by atoms with E-state index in [1.165, 1.54) is 19.3 Å². The highest BCUT2D eigenvalue weighted by molar-refractivity contribution is 5.43. The first kappa shape index (κ1) is 12.8. The lowest BCUT2D eigenvalue weighted by Gasteiger charge is -2.24.